The third-order valence-corrected chi connectivity index (χ3v) is 21.0. The number of hydrogen-bond donors (Lipinski definition) is 6. The third kappa shape index (κ3) is 20.7. The van der Waals surface area contributed by atoms with Gasteiger partial charge in [-0.2, -0.15) is 57.9 Å². The molecule has 0 saturated carbocycles. The van der Waals surface area contributed by atoms with E-state index < -0.39 is 95.9 Å². The first kappa shape index (κ1) is 96.6. The number of benzene rings is 10. The van der Waals surface area contributed by atoms with E-state index in [1.165, 1.54) is 30.7 Å². The van der Waals surface area contributed by atoms with Crippen LogP contribution in [0, 0.1) is 87.7 Å². The normalized spacial score (nSPS) is 12.1. The predicted octanol–water partition coefficient (Wildman–Crippen LogP) is 22.1. The number of nitrogen functional groups attached to an aromatic ring is 3. The van der Waals surface area contributed by atoms with Crippen LogP contribution in [-0.2, 0) is 12.4 Å². The van der Waals surface area contributed by atoms with Gasteiger partial charge in [0.05, 0.1) is 55.6 Å². The number of para-hydroxylation sites is 6. The Kier molecular flexibility index (Phi) is 28.5. The fraction of sp³-hybridized carbons (Fsp3) is 0.152. The van der Waals surface area contributed by atoms with Crippen LogP contribution >= 0.6 is 0 Å². The van der Waals surface area contributed by atoms with Crippen molar-refractivity contribution in [3.05, 3.63) is 314 Å². The highest BCUT2D eigenvalue weighted by atomic mass is 19.4. The van der Waals surface area contributed by atoms with Crippen molar-refractivity contribution in [3.8, 4) is 81.3 Å². The molecule has 6 heterocycles. The molecule has 0 radical (unpaired) electrons. The van der Waals surface area contributed by atoms with E-state index in [-0.39, 0.29) is 44.8 Å². The van der Waals surface area contributed by atoms with E-state index in [9.17, 15) is 103 Å². The van der Waals surface area contributed by atoms with Gasteiger partial charge in [-0.3, -0.25) is 27.6 Å². The van der Waals surface area contributed by atoms with Gasteiger partial charge in [0.25, 0.3) is 24.7 Å². The number of aryl methyl sites for hydroxylation is 2. The van der Waals surface area contributed by atoms with Crippen molar-refractivity contribution in [2.24, 2.45) is 5.73 Å². The molecule has 36 heteroatoms. The van der Waals surface area contributed by atoms with E-state index in [2.05, 4.69) is 75.8 Å². The second-order valence-corrected chi connectivity index (χ2v) is 31.0. The molecule has 0 saturated heterocycles. The third-order valence-electron chi connectivity index (χ3n) is 21.0. The Hall–Kier alpha value is -17.5. The number of nitrogens with one attached hydrogen (secondary N) is 2. The summed E-state index contributed by atoms with van der Waals surface area (Å²) >= 11 is 0. The maximum atomic E-state index is 13.8. The van der Waals surface area contributed by atoms with Gasteiger partial charge >= 0.3 is 12.4 Å². The van der Waals surface area contributed by atoms with Crippen LogP contribution in [0.25, 0.3) is 83.4 Å². The van der Waals surface area contributed by atoms with Crippen LogP contribution < -0.4 is 43.0 Å². The number of carbonyl (C=O) groups is 3. The first-order chi connectivity index (χ1) is 64.1. The second kappa shape index (κ2) is 39.8. The largest absolute Gasteiger partial charge is 0.488 e. The van der Waals surface area contributed by atoms with Crippen LogP contribution in [0.2, 0.25) is 0 Å². The topological polar surface area (TPSA) is 392 Å². The predicted molar refractivity (Wildman–Crippen MR) is 482 cm³/mol. The summed E-state index contributed by atoms with van der Waals surface area (Å²) in [5.74, 6) is -3.09. The summed E-state index contributed by atoms with van der Waals surface area (Å²) < 4.78 is 184. The number of alkyl halides is 12. The molecule has 2 atom stereocenters. The number of fused-ring (bicyclic) bond motifs is 9. The van der Waals surface area contributed by atoms with E-state index >= 15 is 0 Å². The fourth-order valence-corrected chi connectivity index (χ4v) is 14.1. The van der Waals surface area contributed by atoms with Crippen LogP contribution in [-0.4, -0.2) is 83.3 Å². The molecule has 135 heavy (non-hydrogen) atoms. The quantitative estimate of drug-likeness (QED) is 0.0461. The summed E-state index contributed by atoms with van der Waals surface area (Å²) in [6.07, 6.45) is -16.2. The van der Waals surface area contributed by atoms with Gasteiger partial charge in [-0.1, -0.05) is 141 Å². The summed E-state index contributed by atoms with van der Waals surface area (Å²) in [5, 5.41) is 63.0. The zero-order chi connectivity index (χ0) is 98.0. The molecule has 0 aliphatic rings. The molecule has 10 N–H and O–H groups in total. The summed E-state index contributed by atoms with van der Waals surface area (Å²) in [6.45, 7) is 6.50. The molecule has 0 aliphatic heterocycles. The lowest BCUT2D eigenvalue weighted by Gasteiger charge is -2.21. The lowest BCUT2D eigenvalue weighted by atomic mass is 9.93. The van der Waals surface area contributed by atoms with Crippen LogP contribution in [0.4, 0.5) is 85.9 Å². The van der Waals surface area contributed by atoms with Gasteiger partial charge in [0.15, 0.2) is 16.9 Å². The minimum atomic E-state index is -4.77. The van der Waals surface area contributed by atoms with Crippen LogP contribution in [0.3, 0.4) is 0 Å². The first-order valence-electron chi connectivity index (χ1n) is 40.3. The number of amides is 3. The smallest absolute Gasteiger partial charge is 0.416 e. The maximum Gasteiger partial charge on any atom is 0.416 e. The van der Waals surface area contributed by atoms with Crippen molar-refractivity contribution in [2.45, 2.75) is 84.0 Å². The molecule has 0 aliphatic carbocycles. The standard InChI is InChI=1S/C22H17N5.C20H18F6N2O3.C20H13N5.C19H11N5.C18H14F7NO2/c1-13(2)14-7-9-15(10-8-14)20-16(11-23)21(25)27-19-6-4-3-5-18(19)26-22(27)17(20)12-24;1-10-5-12(7-13(6-10)20(24,25)26)17(30)28-14-8-11(16(27)29)3-4-15(14)31-9-19(2,23)18(21)22;1-12-6-8-13(9-7-12)18-14(10-21)19(23)25-17-5-3-2-4-16(17)24-20(25)15(18)11-22;20-10-13-17(12-6-2-1-3-7-12)14(11-21)19-23-15-8-4-5-9-16(15)24(19)18(13)22;1-17(22,16(20)21)9-28-14-6-5-11(18(23,24)25)8-13(14)26-15(27)10-3-2-4-12(19)7-10/h3-10,13H,25H2,1-2H3;3-8,18H,9H2,1-2H3,(H2,27,29)(H,28,30);2-9H,23H2,1H3;1-9H,22H2;2-8,16H,9H2,1H3,(H,26,27). The number of imidazole rings is 3. The van der Waals surface area contributed by atoms with E-state index in [1.807, 2.05) is 159 Å². The van der Waals surface area contributed by atoms with Gasteiger partial charge in [-0.05, 0) is 171 Å². The number of aromatic nitrogens is 6. The molecule has 0 bridgehead atoms. The average molecular weight is 1840 g/mol. The lowest BCUT2D eigenvalue weighted by Crippen LogP contribution is -2.35. The number of nitrogens with two attached hydrogens (primary N) is 4. The van der Waals surface area contributed by atoms with Crippen LogP contribution in [0.5, 0.6) is 11.5 Å². The fourth-order valence-electron chi connectivity index (χ4n) is 14.1. The number of rotatable bonds is 17. The van der Waals surface area contributed by atoms with E-state index in [0.717, 1.165) is 97.8 Å². The molecule has 0 spiro atoms. The molecule has 16 rings (SSSR count). The van der Waals surface area contributed by atoms with Gasteiger partial charge in [0.1, 0.15) is 118 Å². The SMILES string of the molecule is CC(C)c1ccc(-c2c(C#N)c(N)n3c(nc4ccccc43)c2C#N)cc1.CC(F)(COc1ccc(C(F)(F)F)cc1NC(=O)c1cccc(F)c1)C(F)F.Cc1cc(C(=O)Nc2cc(C(N)=O)ccc2OCC(C)(F)C(F)F)cc(C(F)(F)F)c1.Cc1ccc(-c2c(C#N)c(N)n3c(nc4ccccc43)c2C#N)cc1.N#Cc1c(-c2ccccc2)c(C#N)c2nc3ccccc3n2c1N. The first-order valence-corrected chi connectivity index (χ1v) is 40.3. The van der Waals surface area contributed by atoms with Crippen molar-refractivity contribution in [1.82, 2.24) is 28.2 Å². The number of primary amides is 1. The molecule has 680 valence electrons. The monoisotopic (exact) mass is 1840 g/mol. The van der Waals surface area contributed by atoms with E-state index in [0.29, 0.717) is 111 Å². The molecule has 10 aromatic carbocycles. The molecular weight excluding hydrogens is 1770 g/mol. The number of nitriles is 6. The summed E-state index contributed by atoms with van der Waals surface area (Å²) in [7, 11) is 0. The number of pyridine rings is 3. The molecular formula is C99H73F13N18O5. The number of halogens is 13. The van der Waals surface area contributed by atoms with Crippen molar-refractivity contribution < 1.29 is 80.9 Å². The van der Waals surface area contributed by atoms with Gasteiger partial charge in [0, 0.05) is 33.4 Å². The molecule has 2 unspecified atom stereocenters. The van der Waals surface area contributed by atoms with Crippen molar-refractivity contribution in [2.75, 3.05) is 41.0 Å². The van der Waals surface area contributed by atoms with Crippen molar-refractivity contribution >= 4 is 96.6 Å². The number of nitrogens with zero attached hydrogens (tertiary/aromatic N) is 12. The Labute approximate surface area is 759 Å². The number of hydrogen-bond acceptors (Lipinski definition) is 17. The van der Waals surface area contributed by atoms with Crippen LogP contribution in [0.1, 0.15) is 126 Å². The lowest BCUT2D eigenvalue weighted by molar-refractivity contribution is -0.138. The highest BCUT2D eigenvalue weighted by Crippen LogP contribution is 2.43. The highest BCUT2D eigenvalue weighted by molar-refractivity contribution is 6.07. The minimum absolute atomic E-state index is 0.111. The molecule has 6 aromatic heterocycles. The molecule has 3 amide bonds. The Bertz CT molecular complexity index is 7580. The number of ether oxygens (including phenoxy) is 2. The van der Waals surface area contributed by atoms with Gasteiger partial charge in [-0.25, -0.2) is 45.7 Å². The van der Waals surface area contributed by atoms with E-state index in [4.69, 9.17) is 32.4 Å². The summed E-state index contributed by atoms with van der Waals surface area (Å²) in [5.41, 5.74) is 28.6. The van der Waals surface area contributed by atoms with Gasteiger partial charge in [-0.15, -0.1) is 0 Å². The number of anilines is 5. The van der Waals surface area contributed by atoms with Crippen molar-refractivity contribution in [3.63, 3.8) is 0 Å². The summed E-state index contributed by atoms with van der Waals surface area (Å²) in [4.78, 5) is 49.9. The zero-order valence-electron chi connectivity index (χ0n) is 71.7. The van der Waals surface area contributed by atoms with Crippen LogP contribution in [0.15, 0.2) is 231 Å². The molecule has 16 aromatic rings. The Morgan fingerprint density at radius 3 is 1.17 bits per heavy atom. The second-order valence-electron chi connectivity index (χ2n) is 31.0. The minimum Gasteiger partial charge on any atom is -0.488 e. The Morgan fingerprint density at radius 1 is 0.407 bits per heavy atom. The Balaban J connectivity index is 0.000000152. The summed E-state index contributed by atoms with van der Waals surface area (Å²) in [6, 6.07) is 72.7. The maximum absolute atomic E-state index is 13.8. The van der Waals surface area contributed by atoms with Crippen molar-refractivity contribution in [1.29, 1.82) is 31.6 Å². The molecule has 0 fully saturated rings. The average Bonchev–Trinajstić information content (AvgIpc) is 1.57. The number of carbonyl (C=O) groups excluding carboxylic acids is 3. The van der Waals surface area contributed by atoms with Gasteiger partial charge in [0.2, 0.25) is 17.2 Å². The Morgan fingerprint density at radius 2 is 0.785 bits per heavy atom. The van der Waals surface area contributed by atoms with E-state index in [1.54, 1.807) is 13.2 Å². The van der Waals surface area contributed by atoms with Gasteiger partial charge < -0.3 is 43.0 Å². The molecule has 23 nitrogen and oxygen atoms in total. The zero-order valence-corrected chi connectivity index (χ0v) is 71.7. The highest BCUT2D eigenvalue weighted by Gasteiger charge is 2.39.